The molecule has 3 nitrogen and oxygen atoms in total. The maximum Gasteiger partial charge on any atom is 0.212 e. The van der Waals surface area contributed by atoms with Crippen molar-refractivity contribution in [2.75, 3.05) is 26.1 Å². The van der Waals surface area contributed by atoms with Gasteiger partial charge in [-0.2, -0.15) is 4.57 Å². The Morgan fingerprint density at radius 2 is 1.67 bits per heavy atom. The average molecular weight is 319 g/mol. The van der Waals surface area contributed by atoms with E-state index >= 15 is 0 Å². The molecule has 2 aromatic carbocycles. The van der Waals surface area contributed by atoms with Gasteiger partial charge >= 0.3 is 0 Å². The number of pyridine rings is 1. The van der Waals surface area contributed by atoms with Crippen molar-refractivity contribution in [2.45, 2.75) is 0 Å². The number of anilines is 1. The lowest BCUT2D eigenvalue weighted by atomic mass is 10.1. The van der Waals surface area contributed by atoms with Gasteiger partial charge in [0.25, 0.3) is 0 Å². The molecule has 3 heteroatoms. The van der Waals surface area contributed by atoms with Crippen LogP contribution >= 0.6 is 0 Å². The second kappa shape index (κ2) is 6.75. The molecule has 0 fully saturated rings. The third-order valence-corrected chi connectivity index (χ3v) is 4.27. The normalized spacial score (nSPS) is 11.2. The van der Waals surface area contributed by atoms with E-state index in [2.05, 4.69) is 85.2 Å². The van der Waals surface area contributed by atoms with Crippen LogP contribution in [0, 0.1) is 0 Å². The summed E-state index contributed by atoms with van der Waals surface area (Å²) in [7, 11) is 7.91. The summed E-state index contributed by atoms with van der Waals surface area (Å²) >= 11 is 0. The molecule has 0 radical (unpaired) electrons. The van der Waals surface area contributed by atoms with Gasteiger partial charge in [-0.05, 0) is 42.0 Å². The largest absolute Gasteiger partial charge is 0.497 e. The Morgan fingerprint density at radius 3 is 2.33 bits per heavy atom. The molecule has 0 bridgehead atoms. The van der Waals surface area contributed by atoms with Crippen molar-refractivity contribution in [3.05, 3.63) is 65.9 Å². The van der Waals surface area contributed by atoms with Crippen molar-refractivity contribution in [3.8, 4) is 5.75 Å². The molecule has 0 aliphatic rings. The number of aryl methyl sites for hydroxylation is 1. The van der Waals surface area contributed by atoms with Crippen molar-refractivity contribution in [1.29, 1.82) is 0 Å². The molecule has 0 saturated heterocycles. The van der Waals surface area contributed by atoms with E-state index in [9.17, 15) is 0 Å². The van der Waals surface area contributed by atoms with Crippen LogP contribution < -0.4 is 14.2 Å². The van der Waals surface area contributed by atoms with E-state index in [0.29, 0.717) is 0 Å². The van der Waals surface area contributed by atoms with Gasteiger partial charge < -0.3 is 9.64 Å². The summed E-state index contributed by atoms with van der Waals surface area (Å²) in [4.78, 5) is 2.12. The minimum atomic E-state index is 0.875. The van der Waals surface area contributed by atoms with Gasteiger partial charge in [0.15, 0.2) is 0 Å². The van der Waals surface area contributed by atoms with Crippen molar-refractivity contribution in [1.82, 2.24) is 0 Å². The van der Waals surface area contributed by atoms with E-state index in [-0.39, 0.29) is 0 Å². The molecule has 0 spiro atoms. The molecule has 0 N–H and O–H groups in total. The Hall–Kier alpha value is -2.81. The highest BCUT2D eigenvalue weighted by molar-refractivity contribution is 5.81. The number of benzene rings is 2. The molecule has 0 amide bonds. The van der Waals surface area contributed by atoms with Gasteiger partial charge in [-0.15, -0.1) is 0 Å². The van der Waals surface area contributed by atoms with Crippen LogP contribution in [-0.4, -0.2) is 21.2 Å². The molecule has 122 valence electrons. The van der Waals surface area contributed by atoms with E-state index in [1.807, 2.05) is 12.1 Å². The van der Waals surface area contributed by atoms with Gasteiger partial charge in [0.05, 0.1) is 7.11 Å². The predicted molar refractivity (Wildman–Crippen MR) is 101 cm³/mol. The van der Waals surface area contributed by atoms with Crippen LogP contribution in [0.1, 0.15) is 11.3 Å². The zero-order valence-corrected chi connectivity index (χ0v) is 14.7. The van der Waals surface area contributed by atoms with Crippen LogP contribution in [0.5, 0.6) is 5.75 Å². The van der Waals surface area contributed by atoms with Crippen molar-refractivity contribution in [2.24, 2.45) is 7.05 Å². The Kier molecular flexibility index (Phi) is 4.52. The van der Waals surface area contributed by atoms with Crippen LogP contribution in [0.3, 0.4) is 0 Å². The van der Waals surface area contributed by atoms with Crippen molar-refractivity contribution >= 4 is 28.7 Å². The van der Waals surface area contributed by atoms with E-state index in [1.54, 1.807) is 7.11 Å². The number of nitrogens with zero attached hydrogens (tertiary/aromatic N) is 2. The quantitative estimate of drug-likeness (QED) is 0.678. The Bertz CT molecular complexity index is 880. The number of methoxy groups -OCH3 is 1. The highest BCUT2D eigenvalue weighted by atomic mass is 16.5. The highest BCUT2D eigenvalue weighted by Crippen LogP contribution is 2.19. The lowest BCUT2D eigenvalue weighted by molar-refractivity contribution is -0.646. The maximum atomic E-state index is 5.19. The van der Waals surface area contributed by atoms with E-state index in [4.69, 9.17) is 4.74 Å². The number of hydrogen-bond acceptors (Lipinski definition) is 2. The molecule has 1 aromatic heterocycles. The summed E-state index contributed by atoms with van der Waals surface area (Å²) in [6, 6.07) is 18.9. The first kappa shape index (κ1) is 16.1. The lowest BCUT2D eigenvalue weighted by Gasteiger charge is -2.12. The highest BCUT2D eigenvalue weighted by Gasteiger charge is 2.10. The summed E-state index contributed by atoms with van der Waals surface area (Å²) in [5.41, 5.74) is 4.75. The molecular weight excluding hydrogens is 296 g/mol. The molecule has 1 heterocycles. The molecule has 0 aliphatic carbocycles. The first-order valence-electron chi connectivity index (χ1n) is 8.01. The Labute approximate surface area is 143 Å². The molecule has 3 rings (SSSR count). The van der Waals surface area contributed by atoms with Gasteiger partial charge in [-0.1, -0.05) is 12.1 Å². The van der Waals surface area contributed by atoms with Crippen molar-refractivity contribution < 1.29 is 9.30 Å². The van der Waals surface area contributed by atoms with Crippen LogP contribution in [0.15, 0.2) is 54.6 Å². The zero-order valence-electron chi connectivity index (χ0n) is 14.7. The fraction of sp³-hybridized carbons (Fsp3) is 0.190. The standard InChI is InChI=1S/C21H23N2O/c1-22(2)19-11-14-21-17(15-19)8-10-18(23(21)3)9-5-16-6-12-20(24-4)13-7-16/h5-15H,1-4H3/q+1/b9-5+. The lowest BCUT2D eigenvalue weighted by Crippen LogP contribution is -2.32. The molecule has 0 aliphatic heterocycles. The van der Waals surface area contributed by atoms with Crippen LogP contribution in [0.4, 0.5) is 5.69 Å². The number of rotatable bonds is 4. The van der Waals surface area contributed by atoms with Crippen LogP contribution in [-0.2, 0) is 7.05 Å². The predicted octanol–water partition coefficient (Wildman–Crippen LogP) is 3.91. The average Bonchev–Trinajstić information content (AvgIpc) is 2.61. The van der Waals surface area contributed by atoms with Crippen molar-refractivity contribution in [3.63, 3.8) is 0 Å². The van der Waals surface area contributed by atoms with Gasteiger partial charge in [0.1, 0.15) is 12.8 Å². The van der Waals surface area contributed by atoms with Crippen LogP contribution in [0.25, 0.3) is 23.1 Å². The number of aromatic nitrogens is 1. The van der Waals surface area contributed by atoms with Gasteiger partial charge in [-0.25, -0.2) is 0 Å². The van der Waals surface area contributed by atoms with E-state index in [0.717, 1.165) is 17.0 Å². The van der Waals surface area contributed by atoms with Gasteiger partial charge in [-0.3, -0.25) is 0 Å². The van der Waals surface area contributed by atoms with Gasteiger partial charge in [0, 0.05) is 43.4 Å². The summed E-state index contributed by atoms with van der Waals surface area (Å²) in [5.74, 6) is 0.875. The summed E-state index contributed by atoms with van der Waals surface area (Å²) < 4.78 is 7.41. The summed E-state index contributed by atoms with van der Waals surface area (Å²) in [5, 5.41) is 1.24. The molecule has 0 saturated carbocycles. The second-order valence-corrected chi connectivity index (χ2v) is 6.06. The molecule has 24 heavy (non-hydrogen) atoms. The molecule has 0 atom stereocenters. The Balaban J connectivity index is 1.93. The maximum absolute atomic E-state index is 5.19. The molecular formula is C21H23N2O+. The monoisotopic (exact) mass is 319 g/mol. The number of hydrogen-bond donors (Lipinski definition) is 0. The third-order valence-electron chi connectivity index (χ3n) is 4.27. The second-order valence-electron chi connectivity index (χ2n) is 6.06. The SMILES string of the molecule is COc1ccc(/C=C/c2ccc3cc(N(C)C)ccc3[n+]2C)cc1. The molecule has 3 aromatic rings. The minimum Gasteiger partial charge on any atom is -0.497 e. The summed E-state index contributed by atoms with van der Waals surface area (Å²) in [6.07, 6.45) is 4.26. The first-order valence-corrected chi connectivity index (χ1v) is 8.01. The fourth-order valence-electron chi connectivity index (χ4n) is 2.75. The third kappa shape index (κ3) is 3.25. The topological polar surface area (TPSA) is 16.4 Å². The Morgan fingerprint density at radius 1 is 0.917 bits per heavy atom. The number of fused-ring (bicyclic) bond motifs is 1. The fourth-order valence-corrected chi connectivity index (χ4v) is 2.75. The van der Waals surface area contributed by atoms with Gasteiger partial charge in [0.2, 0.25) is 11.2 Å². The molecule has 0 unspecified atom stereocenters. The summed E-state index contributed by atoms with van der Waals surface area (Å²) in [6.45, 7) is 0. The first-order chi connectivity index (χ1) is 11.6. The smallest absolute Gasteiger partial charge is 0.212 e. The van der Waals surface area contributed by atoms with E-state index < -0.39 is 0 Å². The number of ether oxygens (including phenoxy) is 1. The zero-order chi connectivity index (χ0) is 17.1. The van der Waals surface area contributed by atoms with E-state index in [1.165, 1.54) is 16.6 Å². The minimum absolute atomic E-state index is 0.875. The van der Waals surface area contributed by atoms with Crippen LogP contribution in [0.2, 0.25) is 0 Å².